The van der Waals surface area contributed by atoms with Gasteiger partial charge in [-0.1, -0.05) is 0 Å². The predicted octanol–water partition coefficient (Wildman–Crippen LogP) is 3.09. The van der Waals surface area contributed by atoms with Crippen LogP contribution in [-0.2, 0) is 14.6 Å². The van der Waals surface area contributed by atoms with Crippen molar-refractivity contribution in [3.05, 3.63) is 0 Å². The molecule has 1 saturated heterocycles. The van der Waals surface area contributed by atoms with Crippen molar-refractivity contribution in [1.82, 2.24) is 0 Å². The van der Waals surface area contributed by atoms with Crippen molar-refractivity contribution < 1.29 is 13.2 Å². The fourth-order valence-electron chi connectivity index (χ4n) is 2.52. The number of hydrogen-bond donors (Lipinski definition) is 0. The van der Waals surface area contributed by atoms with Crippen molar-refractivity contribution in [1.29, 1.82) is 0 Å². The minimum Gasteiger partial charge on any atom is -0.379 e. The van der Waals surface area contributed by atoms with Crippen LogP contribution in [-0.4, -0.2) is 44.4 Å². The maximum Gasteiger partial charge on any atom is 0.150 e. The Morgan fingerprint density at radius 3 is 2.16 bits per heavy atom. The van der Waals surface area contributed by atoms with Crippen LogP contribution in [0.3, 0.4) is 0 Å². The SMILES string of the molecule is COC(C)(C)CCC(CCl)(CCl)C1CCS(=O)(=O)C1. The molecule has 0 aromatic rings. The van der Waals surface area contributed by atoms with Crippen LogP contribution in [0.15, 0.2) is 0 Å². The molecule has 0 bridgehead atoms. The van der Waals surface area contributed by atoms with Crippen LogP contribution >= 0.6 is 23.2 Å². The molecule has 1 aliphatic heterocycles. The molecule has 1 heterocycles. The number of hydrogen-bond acceptors (Lipinski definition) is 3. The highest BCUT2D eigenvalue weighted by atomic mass is 35.5. The van der Waals surface area contributed by atoms with E-state index >= 15 is 0 Å². The Bertz CT molecular complexity index is 389. The lowest BCUT2D eigenvalue weighted by Gasteiger charge is -2.37. The molecule has 0 N–H and O–H groups in total. The van der Waals surface area contributed by atoms with Crippen molar-refractivity contribution in [2.75, 3.05) is 30.4 Å². The Labute approximate surface area is 126 Å². The van der Waals surface area contributed by atoms with Crippen LogP contribution in [0.1, 0.15) is 33.1 Å². The molecule has 0 radical (unpaired) electrons. The molecule has 1 aliphatic rings. The first-order valence-electron chi connectivity index (χ1n) is 6.58. The van der Waals surface area contributed by atoms with Gasteiger partial charge >= 0.3 is 0 Å². The Morgan fingerprint density at radius 1 is 1.21 bits per heavy atom. The van der Waals surface area contributed by atoms with Gasteiger partial charge in [0, 0.05) is 24.3 Å². The highest BCUT2D eigenvalue weighted by molar-refractivity contribution is 7.91. The molecule has 1 rings (SSSR count). The number of sulfone groups is 1. The number of alkyl halides is 2. The third-order valence-electron chi connectivity index (χ3n) is 4.41. The quantitative estimate of drug-likeness (QED) is 0.673. The van der Waals surface area contributed by atoms with Crippen molar-refractivity contribution in [3.63, 3.8) is 0 Å². The molecule has 19 heavy (non-hydrogen) atoms. The van der Waals surface area contributed by atoms with E-state index in [-0.39, 0.29) is 28.4 Å². The summed E-state index contributed by atoms with van der Waals surface area (Å²) in [6.07, 6.45) is 2.29. The number of ether oxygens (including phenoxy) is 1. The topological polar surface area (TPSA) is 43.4 Å². The van der Waals surface area contributed by atoms with E-state index in [9.17, 15) is 8.42 Å². The van der Waals surface area contributed by atoms with E-state index in [0.29, 0.717) is 18.2 Å². The van der Waals surface area contributed by atoms with E-state index in [1.807, 2.05) is 13.8 Å². The summed E-state index contributed by atoms with van der Waals surface area (Å²) in [5, 5.41) is 0. The minimum absolute atomic E-state index is 0.0696. The molecule has 1 atom stereocenters. The molecule has 0 spiro atoms. The first-order chi connectivity index (χ1) is 8.70. The Balaban J connectivity index is 2.80. The summed E-state index contributed by atoms with van der Waals surface area (Å²) >= 11 is 12.3. The fourth-order valence-corrected chi connectivity index (χ4v) is 5.45. The summed E-state index contributed by atoms with van der Waals surface area (Å²) in [6.45, 7) is 4.04. The molecule has 0 amide bonds. The van der Waals surface area contributed by atoms with Gasteiger partial charge in [-0.15, -0.1) is 23.2 Å². The van der Waals surface area contributed by atoms with Gasteiger partial charge in [-0.25, -0.2) is 8.42 Å². The van der Waals surface area contributed by atoms with E-state index in [1.54, 1.807) is 7.11 Å². The molecular weight excluding hydrogens is 307 g/mol. The van der Waals surface area contributed by atoms with Gasteiger partial charge in [0.1, 0.15) is 0 Å². The first-order valence-corrected chi connectivity index (χ1v) is 9.47. The molecule has 3 nitrogen and oxygen atoms in total. The van der Waals surface area contributed by atoms with Crippen LogP contribution in [0.25, 0.3) is 0 Å². The van der Waals surface area contributed by atoms with Crippen LogP contribution in [0.5, 0.6) is 0 Å². The fraction of sp³-hybridized carbons (Fsp3) is 1.00. The van der Waals surface area contributed by atoms with E-state index < -0.39 is 9.84 Å². The molecule has 0 aromatic carbocycles. The average Bonchev–Trinajstić information content (AvgIpc) is 2.72. The van der Waals surface area contributed by atoms with E-state index in [0.717, 1.165) is 12.8 Å². The lowest BCUT2D eigenvalue weighted by atomic mass is 9.73. The van der Waals surface area contributed by atoms with Gasteiger partial charge < -0.3 is 4.74 Å². The summed E-state index contributed by atoms with van der Waals surface area (Å²) in [5.74, 6) is 1.35. The smallest absolute Gasteiger partial charge is 0.150 e. The van der Waals surface area contributed by atoms with Gasteiger partial charge in [-0.2, -0.15) is 0 Å². The van der Waals surface area contributed by atoms with Gasteiger partial charge in [0.25, 0.3) is 0 Å². The number of methoxy groups -OCH3 is 1. The molecular formula is C13H24Cl2O3S. The highest BCUT2D eigenvalue weighted by Crippen LogP contribution is 2.43. The third-order valence-corrected chi connectivity index (χ3v) is 7.24. The van der Waals surface area contributed by atoms with Gasteiger partial charge in [-0.05, 0) is 39.0 Å². The zero-order valence-corrected chi connectivity index (χ0v) is 14.2. The second kappa shape index (κ2) is 6.50. The van der Waals surface area contributed by atoms with E-state index in [2.05, 4.69) is 0 Å². The van der Waals surface area contributed by atoms with Crippen LogP contribution in [0.4, 0.5) is 0 Å². The Kier molecular flexibility index (Phi) is 6.00. The first kappa shape index (κ1) is 17.5. The molecule has 0 aromatic heterocycles. The lowest BCUT2D eigenvalue weighted by Crippen LogP contribution is -2.38. The maximum absolute atomic E-state index is 11.7. The standard InChI is InChI=1S/C13H24Cl2O3S/c1-12(2,18-3)5-6-13(9-14,10-15)11-4-7-19(16,17)8-11/h11H,4-10H2,1-3H3. The van der Waals surface area contributed by atoms with Gasteiger partial charge in [0.05, 0.1) is 17.1 Å². The van der Waals surface area contributed by atoms with Crippen molar-refractivity contribution >= 4 is 33.0 Å². The van der Waals surface area contributed by atoms with E-state index in [1.165, 1.54) is 0 Å². The van der Waals surface area contributed by atoms with Crippen LogP contribution in [0.2, 0.25) is 0 Å². The monoisotopic (exact) mass is 330 g/mol. The highest BCUT2D eigenvalue weighted by Gasteiger charge is 2.44. The Hall–Kier alpha value is 0.490. The predicted molar refractivity (Wildman–Crippen MR) is 81.0 cm³/mol. The van der Waals surface area contributed by atoms with Crippen LogP contribution in [0, 0.1) is 11.3 Å². The van der Waals surface area contributed by atoms with Gasteiger partial charge in [0.15, 0.2) is 9.84 Å². The Morgan fingerprint density at radius 2 is 1.79 bits per heavy atom. The van der Waals surface area contributed by atoms with Crippen molar-refractivity contribution in [2.24, 2.45) is 11.3 Å². The number of halogens is 2. The molecule has 1 unspecified atom stereocenters. The van der Waals surface area contributed by atoms with Crippen molar-refractivity contribution in [2.45, 2.75) is 38.7 Å². The average molecular weight is 331 g/mol. The van der Waals surface area contributed by atoms with Crippen molar-refractivity contribution in [3.8, 4) is 0 Å². The summed E-state index contributed by atoms with van der Waals surface area (Å²) in [5.41, 5.74) is -0.538. The molecule has 114 valence electrons. The van der Waals surface area contributed by atoms with Gasteiger partial charge in [-0.3, -0.25) is 0 Å². The summed E-state index contributed by atoms with van der Waals surface area (Å²) in [4.78, 5) is 0. The summed E-state index contributed by atoms with van der Waals surface area (Å²) in [6, 6.07) is 0. The largest absolute Gasteiger partial charge is 0.379 e. The third kappa shape index (κ3) is 4.48. The molecule has 1 fully saturated rings. The number of rotatable bonds is 7. The molecule has 6 heteroatoms. The summed E-state index contributed by atoms with van der Waals surface area (Å²) < 4.78 is 28.8. The second-order valence-corrected chi connectivity index (χ2v) is 8.96. The zero-order chi connectivity index (χ0) is 14.7. The normalized spacial score (nSPS) is 23.7. The lowest BCUT2D eigenvalue weighted by molar-refractivity contribution is 0.00262. The molecule has 0 saturated carbocycles. The van der Waals surface area contributed by atoms with Gasteiger partial charge in [0.2, 0.25) is 0 Å². The van der Waals surface area contributed by atoms with E-state index in [4.69, 9.17) is 27.9 Å². The molecule has 0 aliphatic carbocycles. The minimum atomic E-state index is -2.91. The second-order valence-electron chi connectivity index (χ2n) is 6.19. The zero-order valence-electron chi connectivity index (χ0n) is 11.9. The van der Waals surface area contributed by atoms with Crippen LogP contribution < -0.4 is 0 Å². The summed E-state index contributed by atoms with van der Waals surface area (Å²) in [7, 11) is -1.22. The maximum atomic E-state index is 11.7.